The second kappa shape index (κ2) is 6.58. The van der Waals surface area contributed by atoms with Gasteiger partial charge in [0.15, 0.2) is 18.1 Å². The molecule has 0 aliphatic carbocycles. The van der Waals surface area contributed by atoms with Gasteiger partial charge in [0.25, 0.3) is 5.88 Å². The van der Waals surface area contributed by atoms with E-state index in [-0.39, 0.29) is 33.8 Å². The average molecular weight is 345 g/mol. The summed E-state index contributed by atoms with van der Waals surface area (Å²) in [5, 5.41) is 9.07. The van der Waals surface area contributed by atoms with Crippen molar-refractivity contribution in [2.45, 2.75) is 6.18 Å². The Morgan fingerprint density at radius 1 is 1.22 bits per heavy atom. The first kappa shape index (κ1) is 16.6. The monoisotopic (exact) mass is 344 g/mol. The first-order valence-electron chi connectivity index (χ1n) is 5.97. The highest BCUT2D eigenvalue weighted by atomic mass is 35.5. The highest BCUT2D eigenvalue weighted by Gasteiger charge is 2.29. The van der Waals surface area contributed by atoms with Gasteiger partial charge in [0.05, 0.1) is 16.8 Å². The van der Waals surface area contributed by atoms with Crippen LogP contribution in [-0.4, -0.2) is 22.8 Å². The summed E-state index contributed by atoms with van der Waals surface area (Å²) in [6, 6.07) is 4.19. The molecule has 6 nitrogen and oxygen atoms in total. The van der Waals surface area contributed by atoms with E-state index in [0.717, 1.165) is 18.5 Å². The molecule has 0 aliphatic heterocycles. The summed E-state index contributed by atoms with van der Waals surface area (Å²) in [7, 11) is 0. The predicted molar refractivity (Wildman–Crippen MR) is 74.2 cm³/mol. The molecular weight excluding hydrogens is 337 g/mol. The molecule has 23 heavy (non-hydrogen) atoms. The number of anilines is 1. The number of pyridine rings is 2. The van der Waals surface area contributed by atoms with Crippen LogP contribution in [0.2, 0.25) is 5.02 Å². The third-order valence-electron chi connectivity index (χ3n) is 2.39. The van der Waals surface area contributed by atoms with E-state index in [4.69, 9.17) is 27.3 Å². The van der Waals surface area contributed by atoms with Crippen molar-refractivity contribution in [3.05, 3.63) is 35.1 Å². The van der Waals surface area contributed by atoms with Crippen LogP contribution < -0.4 is 15.2 Å². The van der Waals surface area contributed by atoms with E-state index in [0.29, 0.717) is 0 Å². The lowest BCUT2D eigenvalue weighted by Gasteiger charge is -2.13. The Morgan fingerprint density at radius 3 is 2.61 bits per heavy atom. The maximum Gasteiger partial charge on any atom is 0.422 e. The minimum atomic E-state index is -4.54. The van der Waals surface area contributed by atoms with Crippen molar-refractivity contribution < 1.29 is 22.6 Å². The van der Waals surface area contributed by atoms with Gasteiger partial charge < -0.3 is 15.2 Å². The highest BCUT2D eigenvalue weighted by molar-refractivity contribution is 6.30. The van der Waals surface area contributed by atoms with Crippen LogP contribution in [0.4, 0.5) is 19.0 Å². The van der Waals surface area contributed by atoms with Crippen LogP contribution in [0.5, 0.6) is 17.4 Å². The average Bonchev–Trinajstić information content (AvgIpc) is 2.48. The third kappa shape index (κ3) is 4.62. The predicted octanol–water partition coefficient (Wildman–Crippen LogP) is 3.32. The fraction of sp³-hybridized carbons (Fsp3) is 0.154. The Labute approximate surface area is 133 Å². The SMILES string of the molecule is N#Cc1cc(N)ncc1Oc1ncc(Cl)cc1OCC(F)(F)F. The van der Waals surface area contributed by atoms with E-state index in [1.54, 1.807) is 0 Å². The fourth-order valence-corrected chi connectivity index (χ4v) is 1.63. The Kier molecular flexibility index (Phi) is 4.76. The number of nitrogen functional groups attached to an aromatic ring is 1. The van der Waals surface area contributed by atoms with Gasteiger partial charge in [-0.25, -0.2) is 9.97 Å². The lowest BCUT2D eigenvalue weighted by atomic mass is 10.2. The van der Waals surface area contributed by atoms with Crippen LogP contribution in [0, 0.1) is 11.3 Å². The molecule has 0 fully saturated rings. The molecule has 0 aromatic carbocycles. The van der Waals surface area contributed by atoms with E-state index >= 15 is 0 Å². The number of ether oxygens (including phenoxy) is 2. The minimum Gasteiger partial charge on any atom is -0.478 e. The van der Waals surface area contributed by atoms with Crippen LogP contribution in [0.15, 0.2) is 24.5 Å². The van der Waals surface area contributed by atoms with Crippen molar-refractivity contribution in [2.75, 3.05) is 12.3 Å². The molecule has 2 heterocycles. The van der Waals surface area contributed by atoms with E-state index in [1.165, 1.54) is 6.07 Å². The van der Waals surface area contributed by atoms with Crippen molar-refractivity contribution in [2.24, 2.45) is 0 Å². The zero-order chi connectivity index (χ0) is 17.0. The fourth-order valence-electron chi connectivity index (χ4n) is 1.48. The molecule has 0 bridgehead atoms. The summed E-state index contributed by atoms with van der Waals surface area (Å²) in [5.41, 5.74) is 5.48. The summed E-state index contributed by atoms with van der Waals surface area (Å²) in [4.78, 5) is 7.50. The van der Waals surface area contributed by atoms with Gasteiger partial charge in [0.1, 0.15) is 11.9 Å². The van der Waals surface area contributed by atoms with Crippen molar-refractivity contribution in [3.63, 3.8) is 0 Å². The molecule has 2 aromatic heterocycles. The second-order valence-electron chi connectivity index (χ2n) is 4.18. The molecule has 0 saturated carbocycles. The van der Waals surface area contributed by atoms with Crippen LogP contribution in [-0.2, 0) is 0 Å². The number of nitriles is 1. The molecule has 0 spiro atoms. The van der Waals surface area contributed by atoms with Crippen molar-refractivity contribution in [3.8, 4) is 23.4 Å². The zero-order valence-corrected chi connectivity index (χ0v) is 12.0. The quantitative estimate of drug-likeness (QED) is 0.914. The smallest absolute Gasteiger partial charge is 0.422 e. The minimum absolute atomic E-state index is 0.0339. The number of nitrogens with two attached hydrogens (primary N) is 1. The lowest BCUT2D eigenvalue weighted by Crippen LogP contribution is -2.19. The highest BCUT2D eigenvalue weighted by Crippen LogP contribution is 2.33. The molecule has 2 rings (SSSR count). The topological polar surface area (TPSA) is 94.1 Å². The van der Waals surface area contributed by atoms with E-state index in [9.17, 15) is 13.2 Å². The van der Waals surface area contributed by atoms with Crippen LogP contribution in [0.3, 0.4) is 0 Å². The van der Waals surface area contributed by atoms with Crippen molar-refractivity contribution in [1.82, 2.24) is 9.97 Å². The number of aromatic nitrogens is 2. The molecule has 2 N–H and O–H groups in total. The standard InChI is InChI=1S/C13H8ClF3N4O2/c14-8-2-9(22-6-13(15,16)17)12(21-4-8)23-10-5-20-11(19)1-7(10)3-18/h1-2,4-5H,6H2,(H2,19,20). The molecule has 0 amide bonds. The molecule has 0 saturated heterocycles. The van der Waals surface area contributed by atoms with Gasteiger partial charge in [-0.05, 0) is 0 Å². The summed E-state index contributed by atoms with van der Waals surface area (Å²) in [6.07, 6.45) is -2.23. The third-order valence-corrected chi connectivity index (χ3v) is 2.60. The largest absolute Gasteiger partial charge is 0.478 e. The van der Waals surface area contributed by atoms with E-state index in [1.807, 2.05) is 6.07 Å². The summed E-state index contributed by atoms with van der Waals surface area (Å²) in [6.45, 7) is -1.55. The lowest BCUT2D eigenvalue weighted by molar-refractivity contribution is -0.153. The molecule has 0 aliphatic rings. The first-order valence-corrected chi connectivity index (χ1v) is 6.35. The maximum atomic E-state index is 12.3. The second-order valence-corrected chi connectivity index (χ2v) is 4.62. The summed E-state index contributed by atoms with van der Waals surface area (Å²) in [5.74, 6) is -0.558. The number of hydrogen-bond donors (Lipinski definition) is 1. The van der Waals surface area contributed by atoms with Gasteiger partial charge in [-0.2, -0.15) is 18.4 Å². The molecule has 10 heteroatoms. The molecule has 0 radical (unpaired) electrons. The molecule has 2 aromatic rings. The number of rotatable bonds is 4. The normalized spacial score (nSPS) is 10.9. The van der Waals surface area contributed by atoms with Gasteiger partial charge in [-0.3, -0.25) is 0 Å². The molecular formula is C13H8ClF3N4O2. The molecule has 120 valence electrons. The summed E-state index contributed by atoms with van der Waals surface area (Å²) < 4.78 is 46.8. The Balaban J connectivity index is 2.31. The van der Waals surface area contributed by atoms with E-state index in [2.05, 4.69) is 14.7 Å². The van der Waals surface area contributed by atoms with Crippen LogP contribution >= 0.6 is 11.6 Å². The van der Waals surface area contributed by atoms with Crippen molar-refractivity contribution in [1.29, 1.82) is 5.26 Å². The van der Waals surface area contributed by atoms with E-state index < -0.39 is 12.8 Å². The molecule has 0 unspecified atom stereocenters. The molecule has 0 atom stereocenters. The van der Waals surface area contributed by atoms with Gasteiger partial charge >= 0.3 is 6.18 Å². The van der Waals surface area contributed by atoms with Gasteiger partial charge in [0, 0.05) is 18.3 Å². The number of hydrogen-bond acceptors (Lipinski definition) is 6. The number of alkyl halides is 3. The van der Waals surface area contributed by atoms with Crippen molar-refractivity contribution >= 4 is 17.4 Å². The Morgan fingerprint density at radius 2 is 1.96 bits per heavy atom. The Bertz CT molecular complexity index is 762. The van der Waals surface area contributed by atoms with Gasteiger partial charge in [-0.15, -0.1) is 0 Å². The van der Waals surface area contributed by atoms with Gasteiger partial charge in [-0.1, -0.05) is 11.6 Å². The maximum absolute atomic E-state index is 12.3. The van der Waals surface area contributed by atoms with Crippen LogP contribution in [0.1, 0.15) is 5.56 Å². The zero-order valence-electron chi connectivity index (χ0n) is 11.3. The summed E-state index contributed by atoms with van der Waals surface area (Å²) >= 11 is 5.69. The van der Waals surface area contributed by atoms with Crippen LogP contribution in [0.25, 0.3) is 0 Å². The first-order chi connectivity index (χ1) is 10.8. The Hall–Kier alpha value is -2.73. The number of halogens is 4. The number of nitrogens with zero attached hydrogens (tertiary/aromatic N) is 3. The van der Waals surface area contributed by atoms with Gasteiger partial charge in [0.2, 0.25) is 0 Å².